The highest BCUT2D eigenvalue weighted by atomic mass is 79.9. The Bertz CT molecular complexity index is 488. The quantitative estimate of drug-likeness (QED) is 0.831. The molecular formula is C14H17Br2NO2. The molecule has 1 aliphatic rings. The van der Waals surface area contributed by atoms with Crippen LogP contribution in [-0.4, -0.2) is 24.2 Å². The number of hydrogen-bond donors (Lipinski definition) is 1. The number of carbonyl (C=O) groups excluding carboxylic acids is 1. The Morgan fingerprint density at radius 1 is 1.42 bits per heavy atom. The molecule has 1 amide bonds. The fourth-order valence-corrected chi connectivity index (χ4v) is 3.52. The lowest BCUT2D eigenvalue weighted by Crippen LogP contribution is -2.45. The van der Waals surface area contributed by atoms with E-state index < -0.39 is 0 Å². The van der Waals surface area contributed by atoms with Gasteiger partial charge in [-0.25, -0.2) is 0 Å². The monoisotopic (exact) mass is 389 g/mol. The minimum absolute atomic E-state index is 0.0397. The van der Waals surface area contributed by atoms with Crippen LogP contribution in [0.5, 0.6) is 0 Å². The number of benzene rings is 1. The van der Waals surface area contributed by atoms with Crippen LogP contribution in [0.4, 0.5) is 0 Å². The third-order valence-corrected chi connectivity index (χ3v) is 4.36. The first-order valence-corrected chi connectivity index (χ1v) is 7.86. The highest BCUT2D eigenvalue weighted by Gasteiger charge is 2.30. The summed E-state index contributed by atoms with van der Waals surface area (Å²) < 4.78 is 7.40. The van der Waals surface area contributed by atoms with Crippen LogP contribution >= 0.6 is 31.9 Å². The van der Waals surface area contributed by atoms with Crippen molar-refractivity contribution in [3.8, 4) is 0 Å². The van der Waals surface area contributed by atoms with Crippen LogP contribution < -0.4 is 5.32 Å². The number of ether oxygens (including phenoxy) is 1. The van der Waals surface area contributed by atoms with Gasteiger partial charge in [0.2, 0.25) is 0 Å². The zero-order valence-electron chi connectivity index (χ0n) is 11.0. The van der Waals surface area contributed by atoms with Crippen LogP contribution in [0.15, 0.2) is 27.1 Å². The first-order valence-electron chi connectivity index (χ1n) is 6.27. The minimum atomic E-state index is -0.160. The molecule has 1 N–H and O–H groups in total. The van der Waals surface area contributed by atoms with Gasteiger partial charge in [-0.1, -0.05) is 15.9 Å². The van der Waals surface area contributed by atoms with Crippen LogP contribution in [0.25, 0.3) is 0 Å². The van der Waals surface area contributed by atoms with E-state index in [1.165, 1.54) is 0 Å². The molecule has 1 aromatic carbocycles. The van der Waals surface area contributed by atoms with E-state index in [1.807, 2.05) is 18.2 Å². The zero-order valence-corrected chi connectivity index (χ0v) is 14.2. The van der Waals surface area contributed by atoms with Gasteiger partial charge in [-0.3, -0.25) is 4.79 Å². The van der Waals surface area contributed by atoms with Gasteiger partial charge in [0.05, 0.1) is 11.2 Å². The Labute approximate surface area is 130 Å². The lowest BCUT2D eigenvalue weighted by molar-refractivity contribution is -0.0615. The van der Waals surface area contributed by atoms with Crippen molar-refractivity contribution in [2.24, 2.45) is 0 Å². The summed E-state index contributed by atoms with van der Waals surface area (Å²) in [4.78, 5) is 12.3. The molecule has 2 rings (SSSR count). The molecule has 0 radical (unpaired) electrons. The first-order chi connectivity index (χ1) is 8.87. The topological polar surface area (TPSA) is 38.3 Å². The molecule has 0 saturated carbocycles. The summed E-state index contributed by atoms with van der Waals surface area (Å²) in [6.07, 6.45) is 1.70. The largest absolute Gasteiger partial charge is 0.375 e. The van der Waals surface area contributed by atoms with Gasteiger partial charge in [0.15, 0.2) is 0 Å². The number of nitrogens with one attached hydrogen (secondary N) is 1. The maximum atomic E-state index is 12.3. The molecule has 0 aromatic heterocycles. The molecule has 1 fully saturated rings. The average Bonchev–Trinajstić information content (AvgIpc) is 2.27. The molecule has 5 heteroatoms. The highest BCUT2D eigenvalue weighted by Crippen LogP contribution is 2.25. The average molecular weight is 391 g/mol. The summed E-state index contributed by atoms with van der Waals surface area (Å²) in [5, 5.41) is 3.09. The van der Waals surface area contributed by atoms with E-state index in [-0.39, 0.29) is 17.6 Å². The molecule has 1 aliphatic heterocycles. The van der Waals surface area contributed by atoms with Gasteiger partial charge in [-0.2, -0.15) is 0 Å². The number of halogens is 2. The SMILES string of the molecule is CC1(C)CC(NC(=O)c2ccc(Br)cc2Br)CCO1. The molecule has 1 heterocycles. The smallest absolute Gasteiger partial charge is 0.252 e. The van der Waals surface area contributed by atoms with Gasteiger partial charge in [0.25, 0.3) is 5.91 Å². The normalized spacial score (nSPS) is 22.0. The highest BCUT2D eigenvalue weighted by molar-refractivity contribution is 9.11. The van der Waals surface area contributed by atoms with Crippen molar-refractivity contribution in [2.75, 3.05) is 6.61 Å². The zero-order chi connectivity index (χ0) is 14.0. The van der Waals surface area contributed by atoms with Crippen LogP contribution in [0.3, 0.4) is 0 Å². The maximum absolute atomic E-state index is 12.3. The lowest BCUT2D eigenvalue weighted by atomic mass is 9.94. The molecule has 0 bridgehead atoms. The Balaban J connectivity index is 2.04. The van der Waals surface area contributed by atoms with E-state index in [1.54, 1.807) is 0 Å². The van der Waals surface area contributed by atoms with Crippen LogP contribution in [0.1, 0.15) is 37.0 Å². The maximum Gasteiger partial charge on any atom is 0.252 e. The van der Waals surface area contributed by atoms with Crippen LogP contribution in [-0.2, 0) is 4.74 Å². The Kier molecular flexibility index (Phi) is 4.69. The van der Waals surface area contributed by atoms with Crippen molar-refractivity contribution in [2.45, 2.75) is 38.3 Å². The number of hydrogen-bond acceptors (Lipinski definition) is 2. The van der Waals surface area contributed by atoms with E-state index in [2.05, 4.69) is 51.0 Å². The van der Waals surface area contributed by atoms with Gasteiger partial charge < -0.3 is 10.1 Å². The summed E-state index contributed by atoms with van der Waals surface area (Å²) in [5.41, 5.74) is 0.500. The fourth-order valence-electron chi connectivity index (χ4n) is 2.29. The fraction of sp³-hybridized carbons (Fsp3) is 0.500. The summed E-state index contributed by atoms with van der Waals surface area (Å²) >= 11 is 6.80. The van der Waals surface area contributed by atoms with E-state index in [0.717, 1.165) is 21.8 Å². The second-order valence-corrected chi connectivity index (χ2v) is 7.17. The van der Waals surface area contributed by atoms with E-state index in [9.17, 15) is 4.79 Å². The third kappa shape index (κ3) is 4.04. The molecule has 1 saturated heterocycles. The summed E-state index contributed by atoms with van der Waals surface area (Å²) in [6.45, 7) is 4.81. The van der Waals surface area contributed by atoms with Gasteiger partial charge in [0, 0.05) is 21.6 Å². The number of carbonyl (C=O) groups is 1. The van der Waals surface area contributed by atoms with Crippen molar-refractivity contribution in [1.82, 2.24) is 5.32 Å². The van der Waals surface area contributed by atoms with Crippen LogP contribution in [0.2, 0.25) is 0 Å². The molecular weight excluding hydrogens is 374 g/mol. The number of amides is 1. The molecule has 0 aliphatic carbocycles. The molecule has 1 unspecified atom stereocenters. The third-order valence-electron chi connectivity index (χ3n) is 3.21. The minimum Gasteiger partial charge on any atom is -0.375 e. The van der Waals surface area contributed by atoms with E-state index in [0.29, 0.717) is 12.2 Å². The summed E-state index contributed by atoms with van der Waals surface area (Å²) in [5.74, 6) is -0.0397. The van der Waals surface area contributed by atoms with E-state index in [4.69, 9.17) is 4.74 Å². The lowest BCUT2D eigenvalue weighted by Gasteiger charge is -2.35. The van der Waals surface area contributed by atoms with Gasteiger partial charge >= 0.3 is 0 Å². The Morgan fingerprint density at radius 3 is 2.79 bits per heavy atom. The second-order valence-electron chi connectivity index (χ2n) is 5.40. The van der Waals surface area contributed by atoms with Crippen molar-refractivity contribution in [3.63, 3.8) is 0 Å². The predicted octanol–water partition coefficient (Wildman–Crippen LogP) is 3.90. The number of rotatable bonds is 2. The molecule has 1 aromatic rings. The Hall–Kier alpha value is -0.390. The second kappa shape index (κ2) is 5.94. The van der Waals surface area contributed by atoms with Gasteiger partial charge in [-0.05, 0) is 60.8 Å². The van der Waals surface area contributed by atoms with Crippen molar-refractivity contribution in [3.05, 3.63) is 32.7 Å². The molecule has 1 atom stereocenters. The first kappa shape index (κ1) is 15.0. The molecule has 3 nitrogen and oxygen atoms in total. The molecule has 104 valence electrons. The Morgan fingerprint density at radius 2 is 2.16 bits per heavy atom. The molecule has 0 spiro atoms. The standard InChI is InChI=1S/C14H17Br2NO2/c1-14(2)8-10(5-6-19-14)17-13(18)11-4-3-9(15)7-12(11)16/h3-4,7,10H,5-6,8H2,1-2H3,(H,17,18). The van der Waals surface area contributed by atoms with Crippen molar-refractivity contribution < 1.29 is 9.53 Å². The van der Waals surface area contributed by atoms with E-state index >= 15 is 0 Å². The molecule has 19 heavy (non-hydrogen) atoms. The van der Waals surface area contributed by atoms with Gasteiger partial charge in [-0.15, -0.1) is 0 Å². The van der Waals surface area contributed by atoms with Crippen molar-refractivity contribution >= 4 is 37.8 Å². The summed E-state index contributed by atoms with van der Waals surface area (Å²) in [7, 11) is 0. The van der Waals surface area contributed by atoms with Gasteiger partial charge in [0.1, 0.15) is 0 Å². The predicted molar refractivity (Wildman–Crippen MR) is 82.4 cm³/mol. The van der Waals surface area contributed by atoms with Crippen LogP contribution in [0, 0.1) is 0 Å². The summed E-state index contributed by atoms with van der Waals surface area (Å²) in [6, 6.07) is 5.73. The van der Waals surface area contributed by atoms with Crippen molar-refractivity contribution in [1.29, 1.82) is 0 Å².